The minimum atomic E-state index is -0.0196. The van der Waals surface area contributed by atoms with Crippen molar-refractivity contribution in [2.75, 3.05) is 4.90 Å². The largest absolute Gasteiger partial charge is 0.274 e. The number of benzene rings is 1. The third-order valence-electron chi connectivity index (χ3n) is 3.16. The van der Waals surface area contributed by atoms with Crippen LogP contribution in [-0.4, -0.2) is 11.8 Å². The van der Waals surface area contributed by atoms with Gasteiger partial charge in [0.1, 0.15) is 0 Å². The number of amides is 2. The van der Waals surface area contributed by atoms with Gasteiger partial charge in [0, 0.05) is 0 Å². The van der Waals surface area contributed by atoms with E-state index in [0.29, 0.717) is 5.69 Å². The Hall–Kier alpha value is -1.64. The second-order valence-electron chi connectivity index (χ2n) is 4.30. The maximum absolute atomic E-state index is 11.7. The van der Waals surface area contributed by atoms with Gasteiger partial charge < -0.3 is 0 Å². The van der Waals surface area contributed by atoms with Crippen LogP contribution in [0.3, 0.4) is 0 Å². The molecule has 1 aromatic rings. The molecule has 1 saturated carbocycles. The Kier molecular flexibility index (Phi) is 1.55. The molecule has 1 aliphatic heterocycles. The number of fused-ring (bicyclic) bond motifs is 1. The molecular formula is C12H11NO2. The van der Waals surface area contributed by atoms with Gasteiger partial charge in [0.15, 0.2) is 0 Å². The maximum atomic E-state index is 11.7. The van der Waals surface area contributed by atoms with Crippen LogP contribution in [0.25, 0.3) is 0 Å². The van der Waals surface area contributed by atoms with Gasteiger partial charge in [-0.25, -0.2) is 0 Å². The number of anilines is 1. The minimum absolute atomic E-state index is 0.0150. The summed E-state index contributed by atoms with van der Waals surface area (Å²) in [7, 11) is 0. The monoisotopic (exact) mass is 201 g/mol. The number of rotatable bonds is 1. The van der Waals surface area contributed by atoms with E-state index in [0.717, 1.165) is 12.0 Å². The fraction of sp³-hybridized carbons (Fsp3) is 0.333. The number of hydrogen-bond donors (Lipinski definition) is 0. The van der Waals surface area contributed by atoms with Gasteiger partial charge in [-0.3, -0.25) is 14.5 Å². The van der Waals surface area contributed by atoms with Gasteiger partial charge >= 0.3 is 0 Å². The van der Waals surface area contributed by atoms with E-state index in [-0.39, 0.29) is 23.7 Å². The summed E-state index contributed by atoms with van der Waals surface area (Å²) in [6.07, 6.45) is 0.764. The fourth-order valence-electron chi connectivity index (χ4n) is 2.13. The first kappa shape index (κ1) is 8.65. The molecule has 1 heterocycles. The Bertz CT molecular complexity index is 429. The molecule has 0 bridgehead atoms. The summed E-state index contributed by atoms with van der Waals surface area (Å²) in [4.78, 5) is 24.8. The van der Waals surface area contributed by atoms with Crippen molar-refractivity contribution >= 4 is 17.5 Å². The number of imide groups is 1. The highest BCUT2D eigenvalue weighted by Crippen LogP contribution is 2.48. The van der Waals surface area contributed by atoms with E-state index in [4.69, 9.17) is 0 Å². The van der Waals surface area contributed by atoms with Crippen molar-refractivity contribution in [1.29, 1.82) is 0 Å². The second kappa shape index (κ2) is 2.69. The highest BCUT2D eigenvalue weighted by molar-refractivity contribution is 6.24. The number of carbonyl (C=O) groups is 2. The lowest BCUT2D eigenvalue weighted by atomic mass is 10.2. The van der Waals surface area contributed by atoms with Crippen molar-refractivity contribution < 1.29 is 9.59 Å². The van der Waals surface area contributed by atoms with Crippen LogP contribution in [0.15, 0.2) is 24.3 Å². The predicted octanol–water partition coefficient (Wildman–Crippen LogP) is 1.50. The first-order valence-electron chi connectivity index (χ1n) is 5.13. The van der Waals surface area contributed by atoms with Crippen LogP contribution in [0.5, 0.6) is 0 Å². The summed E-state index contributed by atoms with van der Waals surface area (Å²) in [6.45, 7) is 1.98. The summed E-state index contributed by atoms with van der Waals surface area (Å²) < 4.78 is 0. The van der Waals surface area contributed by atoms with E-state index >= 15 is 0 Å². The average Bonchev–Trinajstić information content (AvgIpc) is 2.96. The van der Waals surface area contributed by atoms with Crippen LogP contribution in [0, 0.1) is 18.8 Å². The van der Waals surface area contributed by atoms with Crippen LogP contribution < -0.4 is 4.90 Å². The molecular weight excluding hydrogens is 190 g/mol. The second-order valence-corrected chi connectivity index (χ2v) is 4.30. The average molecular weight is 201 g/mol. The van der Waals surface area contributed by atoms with Crippen LogP contribution in [0.1, 0.15) is 12.0 Å². The standard InChI is InChI=1S/C12H11NO2/c1-7-2-4-8(5-3-7)13-11(14)9-6-10(9)12(13)15/h2-5,9-10H,6H2,1H3/t9-,10-/m1/s1. The third kappa shape index (κ3) is 1.12. The molecule has 2 amide bonds. The van der Waals surface area contributed by atoms with Gasteiger partial charge in [-0.15, -0.1) is 0 Å². The molecule has 0 N–H and O–H groups in total. The third-order valence-corrected chi connectivity index (χ3v) is 3.16. The molecule has 2 fully saturated rings. The number of nitrogens with zero attached hydrogens (tertiary/aromatic N) is 1. The molecule has 1 aromatic carbocycles. The molecule has 3 rings (SSSR count). The van der Waals surface area contributed by atoms with E-state index in [2.05, 4.69) is 0 Å². The summed E-state index contributed by atoms with van der Waals surface area (Å²) in [5.41, 5.74) is 1.84. The van der Waals surface area contributed by atoms with Crippen molar-refractivity contribution in [1.82, 2.24) is 0 Å². The lowest BCUT2D eigenvalue weighted by molar-refractivity contribution is -0.123. The van der Waals surface area contributed by atoms with Crippen molar-refractivity contribution in [3.05, 3.63) is 29.8 Å². The van der Waals surface area contributed by atoms with Crippen LogP contribution in [0.2, 0.25) is 0 Å². The van der Waals surface area contributed by atoms with Crippen molar-refractivity contribution in [3.63, 3.8) is 0 Å². The highest BCUT2D eigenvalue weighted by Gasteiger charge is 2.59. The highest BCUT2D eigenvalue weighted by atomic mass is 16.2. The zero-order chi connectivity index (χ0) is 10.6. The fourth-order valence-corrected chi connectivity index (χ4v) is 2.13. The number of carbonyl (C=O) groups excluding carboxylic acids is 2. The van der Waals surface area contributed by atoms with Crippen LogP contribution in [0.4, 0.5) is 5.69 Å². The van der Waals surface area contributed by atoms with Crippen LogP contribution in [-0.2, 0) is 9.59 Å². The molecule has 0 aromatic heterocycles. The van der Waals surface area contributed by atoms with Crippen molar-refractivity contribution in [2.24, 2.45) is 11.8 Å². The summed E-state index contributed by atoms with van der Waals surface area (Å²) in [5.74, 6) is -0.0692. The Morgan fingerprint density at radius 3 is 2.13 bits per heavy atom. The normalized spacial score (nSPS) is 28.2. The molecule has 1 saturated heterocycles. The molecule has 0 spiro atoms. The zero-order valence-corrected chi connectivity index (χ0v) is 8.43. The Labute approximate surface area is 87.7 Å². The number of hydrogen-bond acceptors (Lipinski definition) is 2. The number of aryl methyl sites for hydroxylation is 1. The lowest BCUT2D eigenvalue weighted by Gasteiger charge is -2.16. The van der Waals surface area contributed by atoms with Gasteiger partial charge in [-0.2, -0.15) is 0 Å². The summed E-state index contributed by atoms with van der Waals surface area (Å²) >= 11 is 0. The predicted molar refractivity (Wildman–Crippen MR) is 55.3 cm³/mol. The topological polar surface area (TPSA) is 37.4 Å². The SMILES string of the molecule is Cc1ccc(N2C(=O)[C@@H]3C[C@H]3C2=O)cc1. The van der Waals surface area contributed by atoms with Gasteiger partial charge in [0.2, 0.25) is 11.8 Å². The van der Waals surface area contributed by atoms with E-state index < -0.39 is 0 Å². The van der Waals surface area contributed by atoms with E-state index in [9.17, 15) is 9.59 Å². The minimum Gasteiger partial charge on any atom is -0.274 e. The van der Waals surface area contributed by atoms with E-state index in [1.54, 1.807) is 0 Å². The molecule has 3 heteroatoms. The first-order chi connectivity index (χ1) is 7.18. The molecule has 2 atom stereocenters. The van der Waals surface area contributed by atoms with E-state index in [1.807, 2.05) is 31.2 Å². The molecule has 2 aliphatic rings. The summed E-state index contributed by atoms with van der Waals surface area (Å²) in [6, 6.07) is 7.49. The maximum Gasteiger partial charge on any atom is 0.237 e. The van der Waals surface area contributed by atoms with Crippen LogP contribution >= 0.6 is 0 Å². The Morgan fingerprint density at radius 2 is 1.60 bits per heavy atom. The molecule has 76 valence electrons. The molecule has 0 unspecified atom stereocenters. The van der Waals surface area contributed by atoms with Gasteiger partial charge in [0.25, 0.3) is 0 Å². The summed E-state index contributed by atoms with van der Waals surface area (Å²) in [5, 5.41) is 0. The molecule has 3 nitrogen and oxygen atoms in total. The van der Waals surface area contributed by atoms with Crippen molar-refractivity contribution in [3.8, 4) is 0 Å². The first-order valence-corrected chi connectivity index (χ1v) is 5.13. The smallest absolute Gasteiger partial charge is 0.237 e. The van der Waals surface area contributed by atoms with Gasteiger partial charge in [-0.1, -0.05) is 17.7 Å². The Balaban J connectivity index is 1.98. The molecule has 0 radical (unpaired) electrons. The molecule has 15 heavy (non-hydrogen) atoms. The quantitative estimate of drug-likeness (QED) is 0.646. The van der Waals surface area contributed by atoms with E-state index in [1.165, 1.54) is 4.90 Å². The molecule has 1 aliphatic carbocycles. The Morgan fingerprint density at radius 1 is 1.07 bits per heavy atom. The number of piperidine rings is 1. The lowest BCUT2D eigenvalue weighted by Crippen LogP contribution is -2.32. The van der Waals surface area contributed by atoms with Gasteiger partial charge in [-0.05, 0) is 25.5 Å². The van der Waals surface area contributed by atoms with Crippen molar-refractivity contribution in [2.45, 2.75) is 13.3 Å². The van der Waals surface area contributed by atoms with Gasteiger partial charge in [0.05, 0.1) is 17.5 Å². The zero-order valence-electron chi connectivity index (χ0n) is 8.43.